The van der Waals surface area contributed by atoms with E-state index in [0.29, 0.717) is 17.0 Å². The van der Waals surface area contributed by atoms with Gasteiger partial charge in [0.25, 0.3) is 0 Å². The molecule has 2 rings (SSSR count). The highest BCUT2D eigenvalue weighted by Crippen LogP contribution is 2.25. The summed E-state index contributed by atoms with van der Waals surface area (Å²) in [7, 11) is 0. The Hall–Kier alpha value is -0.830. The van der Waals surface area contributed by atoms with E-state index in [1.54, 1.807) is 6.20 Å². The van der Waals surface area contributed by atoms with Crippen LogP contribution in [0.4, 0.5) is 0 Å². The number of hydrogen-bond donors (Lipinski definition) is 0. The second-order valence-corrected chi connectivity index (χ2v) is 4.03. The van der Waals surface area contributed by atoms with E-state index in [-0.39, 0.29) is 0 Å². The van der Waals surface area contributed by atoms with E-state index in [9.17, 15) is 0 Å². The van der Waals surface area contributed by atoms with Gasteiger partial charge in [-0.05, 0) is 18.8 Å². The molecule has 0 radical (unpaired) electrons. The fourth-order valence-corrected chi connectivity index (χ4v) is 1.85. The van der Waals surface area contributed by atoms with Crippen molar-refractivity contribution in [2.24, 2.45) is 5.92 Å². The predicted octanol–water partition coefficient (Wildman–Crippen LogP) is 2.70. The maximum Gasteiger partial charge on any atom is 0.232 e. The normalized spacial score (nSPS) is 17.2. The molecular weight excluding hydrogens is 200 g/mol. The van der Waals surface area contributed by atoms with Crippen molar-refractivity contribution in [3.05, 3.63) is 17.5 Å². The molecule has 0 aromatic carbocycles. The number of halogens is 1. The average molecular weight is 213 g/mol. The number of ether oxygens (including phenoxy) is 1. The van der Waals surface area contributed by atoms with Crippen molar-refractivity contribution in [2.75, 3.05) is 6.61 Å². The van der Waals surface area contributed by atoms with Gasteiger partial charge in [-0.2, -0.15) is 0 Å². The highest BCUT2D eigenvalue weighted by atomic mass is 35.5. The van der Waals surface area contributed by atoms with Crippen LogP contribution in [0.2, 0.25) is 5.15 Å². The van der Waals surface area contributed by atoms with Gasteiger partial charge in [0.05, 0.1) is 19.0 Å². The Bertz CT molecular complexity index is 283. The summed E-state index contributed by atoms with van der Waals surface area (Å²) in [6.45, 7) is 0.760. The molecule has 0 unspecified atom stereocenters. The summed E-state index contributed by atoms with van der Waals surface area (Å²) in [6, 6.07) is 0. The van der Waals surface area contributed by atoms with Gasteiger partial charge >= 0.3 is 0 Å². The Labute approximate surface area is 88.5 Å². The van der Waals surface area contributed by atoms with Gasteiger partial charge in [-0.25, -0.2) is 9.97 Å². The quantitative estimate of drug-likeness (QED) is 0.773. The zero-order chi connectivity index (χ0) is 9.80. The molecule has 76 valence electrons. The Balaban J connectivity index is 1.82. The predicted molar refractivity (Wildman–Crippen MR) is 54.5 cm³/mol. The molecule has 14 heavy (non-hydrogen) atoms. The van der Waals surface area contributed by atoms with Crippen molar-refractivity contribution in [1.82, 2.24) is 9.97 Å². The standard InChI is InChI=1S/C10H13ClN2O/c11-9-5-13-10(6-12-9)14-7-8-3-1-2-4-8/h5-6,8H,1-4,7H2. The van der Waals surface area contributed by atoms with Crippen LogP contribution in [-0.2, 0) is 0 Å². The molecule has 1 aliphatic carbocycles. The number of aromatic nitrogens is 2. The van der Waals surface area contributed by atoms with Crippen LogP contribution >= 0.6 is 11.6 Å². The minimum Gasteiger partial charge on any atom is -0.476 e. The summed E-state index contributed by atoms with van der Waals surface area (Å²) in [6.07, 6.45) is 8.30. The molecule has 1 heterocycles. The van der Waals surface area contributed by atoms with Crippen molar-refractivity contribution in [3.8, 4) is 5.88 Å². The Morgan fingerprint density at radius 1 is 1.29 bits per heavy atom. The Morgan fingerprint density at radius 3 is 2.71 bits per heavy atom. The summed E-state index contributed by atoms with van der Waals surface area (Å²) in [5, 5.41) is 0.401. The summed E-state index contributed by atoms with van der Waals surface area (Å²) >= 11 is 5.61. The van der Waals surface area contributed by atoms with Crippen LogP contribution < -0.4 is 4.74 Å². The second kappa shape index (κ2) is 4.60. The molecule has 1 aliphatic rings. The van der Waals surface area contributed by atoms with Gasteiger partial charge in [0, 0.05) is 0 Å². The van der Waals surface area contributed by atoms with E-state index in [2.05, 4.69) is 9.97 Å². The third-order valence-corrected chi connectivity index (χ3v) is 2.73. The number of nitrogens with zero attached hydrogens (tertiary/aromatic N) is 2. The molecule has 1 saturated carbocycles. The van der Waals surface area contributed by atoms with Crippen molar-refractivity contribution in [3.63, 3.8) is 0 Å². The molecule has 0 aliphatic heterocycles. The van der Waals surface area contributed by atoms with E-state index in [1.165, 1.54) is 31.9 Å². The van der Waals surface area contributed by atoms with E-state index in [4.69, 9.17) is 16.3 Å². The monoisotopic (exact) mass is 212 g/mol. The summed E-state index contributed by atoms with van der Waals surface area (Å²) in [5.74, 6) is 1.27. The average Bonchev–Trinajstić information content (AvgIpc) is 2.70. The lowest BCUT2D eigenvalue weighted by Gasteiger charge is -2.09. The topological polar surface area (TPSA) is 35.0 Å². The minimum absolute atomic E-state index is 0.401. The second-order valence-electron chi connectivity index (χ2n) is 3.64. The molecule has 1 aromatic heterocycles. The minimum atomic E-state index is 0.401. The molecule has 4 heteroatoms. The Kier molecular flexibility index (Phi) is 3.19. The SMILES string of the molecule is Clc1cnc(OCC2CCCC2)cn1. The number of rotatable bonds is 3. The molecule has 0 amide bonds. The van der Waals surface area contributed by atoms with Gasteiger partial charge < -0.3 is 4.74 Å². The van der Waals surface area contributed by atoms with Crippen LogP contribution in [0.3, 0.4) is 0 Å². The van der Waals surface area contributed by atoms with Crippen molar-refractivity contribution in [2.45, 2.75) is 25.7 Å². The summed E-state index contributed by atoms with van der Waals surface area (Å²) in [4.78, 5) is 7.92. The first-order chi connectivity index (χ1) is 6.84. The molecule has 0 saturated heterocycles. The maximum absolute atomic E-state index is 5.61. The lowest BCUT2D eigenvalue weighted by Crippen LogP contribution is -2.08. The molecular formula is C10H13ClN2O. The van der Waals surface area contributed by atoms with Gasteiger partial charge in [-0.1, -0.05) is 24.4 Å². The molecule has 3 nitrogen and oxygen atoms in total. The lowest BCUT2D eigenvalue weighted by molar-refractivity contribution is 0.242. The first kappa shape index (κ1) is 9.71. The molecule has 0 bridgehead atoms. The fraction of sp³-hybridized carbons (Fsp3) is 0.600. The smallest absolute Gasteiger partial charge is 0.232 e. The maximum atomic E-state index is 5.61. The lowest BCUT2D eigenvalue weighted by atomic mass is 10.1. The first-order valence-electron chi connectivity index (χ1n) is 4.95. The zero-order valence-corrected chi connectivity index (χ0v) is 8.70. The van der Waals surface area contributed by atoms with E-state index in [0.717, 1.165) is 6.61 Å². The van der Waals surface area contributed by atoms with Gasteiger partial charge in [0.2, 0.25) is 5.88 Å². The van der Waals surface area contributed by atoms with Crippen LogP contribution in [0.15, 0.2) is 12.4 Å². The molecule has 0 spiro atoms. The molecule has 1 aromatic rings. The van der Waals surface area contributed by atoms with E-state index < -0.39 is 0 Å². The molecule has 0 N–H and O–H groups in total. The van der Waals surface area contributed by atoms with Crippen molar-refractivity contribution < 1.29 is 4.74 Å². The largest absolute Gasteiger partial charge is 0.476 e. The van der Waals surface area contributed by atoms with Crippen LogP contribution in [0.5, 0.6) is 5.88 Å². The third kappa shape index (κ3) is 2.58. The first-order valence-corrected chi connectivity index (χ1v) is 5.33. The van der Waals surface area contributed by atoms with Crippen LogP contribution in [0.1, 0.15) is 25.7 Å². The van der Waals surface area contributed by atoms with Crippen LogP contribution in [0, 0.1) is 5.92 Å². The van der Waals surface area contributed by atoms with Crippen LogP contribution in [0.25, 0.3) is 0 Å². The van der Waals surface area contributed by atoms with Crippen molar-refractivity contribution >= 4 is 11.6 Å². The molecule has 1 fully saturated rings. The van der Waals surface area contributed by atoms with E-state index >= 15 is 0 Å². The van der Waals surface area contributed by atoms with Crippen molar-refractivity contribution in [1.29, 1.82) is 0 Å². The number of hydrogen-bond acceptors (Lipinski definition) is 3. The highest BCUT2D eigenvalue weighted by Gasteiger charge is 2.15. The van der Waals surface area contributed by atoms with Gasteiger partial charge in [-0.3, -0.25) is 0 Å². The zero-order valence-electron chi connectivity index (χ0n) is 7.95. The van der Waals surface area contributed by atoms with Gasteiger partial charge in [-0.15, -0.1) is 0 Å². The van der Waals surface area contributed by atoms with Crippen LogP contribution in [-0.4, -0.2) is 16.6 Å². The van der Waals surface area contributed by atoms with Gasteiger partial charge in [0.15, 0.2) is 0 Å². The fourth-order valence-electron chi connectivity index (χ4n) is 1.76. The molecule has 0 atom stereocenters. The van der Waals surface area contributed by atoms with Gasteiger partial charge in [0.1, 0.15) is 5.15 Å². The summed E-state index contributed by atoms with van der Waals surface area (Å²) in [5.41, 5.74) is 0. The Morgan fingerprint density at radius 2 is 2.07 bits per heavy atom. The summed E-state index contributed by atoms with van der Waals surface area (Å²) < 4.78 is 5.51. The third-order valence-electron chi connectivity index (χ3n) is 2.54. The van der Waals surface area contributed by atoms with E-state index in [1.807, 2.05) is 0 Å². The highest BCUT2D eigenvalue weighted by molar-refractivity contribution is 6.29.